The van der Waals surface area contributed by atoms with Crippen molar-refractivity contribution in [3.05, 3.63) is 64.7 Å². The summed E-state index contributed by atoms with van der Waals surface area (Å²) in [4.78, 5) is 0. The molecule has 0 radical (unpaired) electrons. The van der Waals surface area contributed by atoms with Crippen LogP contribution in [-0.2, 0) is 21.7 Å². The van der Waals surface area contributed by atoms with Crippen LogP contribution in [0.3, 0.4) is 0 Å². The Balaban J connectivity index is 1.66. The average molecular weight is 416 g/mol. The van der Waals surface area contributed by atoms with Crippen molar-refractivity contribution in [3.63, 3.8) is 0 Å². The van der Waals surface area contributed by atoms with Gasteiger partial charge in [0.05, 0.1) is 19.8 Å². The molecule has 4 unspecified atom stereocenters. The maximum Gasteiger partial charge on any atom is 0.225 e. The highest BCUT2D eigenvalue weighted by atomic mass is 16.8. The van der Waals surface area contributed by atoms with Crippen LogP contribution in [0.4, 0.5) is 0 Å². The number of aliphatic hydroxyl groups is 4. The van der Waals surface area contributed by atoms with Crippen molar-refractivity contribution < 1.29 is 34.6 Å². The van der Waals surface area contributed by atoms with Gasteiger partial charge in [0.1, 0.15) is 29.7 Å². The zero-order chi connectivity index (χ0) is 21.5. The summed E-state index contributed by atoms with van der Waals surface area (Å²) in [6.07, 6.45) is -3.82. The molecule has 2 fully saturated rings. The van der Waals surface area contributed by atoms with Gasteiger partial charge < -0.3 is 34.6 Å². The van der Waals surface area contributed by atoms with E-state index in [9.17, 15) is 20.4 Å². The lowest BCUT2D eigenvalue weighted by Crippen LogP contribution is -2.65. The van der Waals surface area contributed by atoms with E-state index in [1.54, 1.807) is 6.07 Å². The van der Waals surface area contributed by atoms with Crippen LogP contribution in [0, 0.1) is 6.92 Å². The van der Waals surface area contributed by atoms with Gasteiger partial charge in [0.2, 0.25) is 5.79 Å². The van der Waals surface area contributed by atoms with E-state index in [1.165, 1.54) is 0 Å². The number of aryl methyl sites for hydroxylation is 1. The monoisotopic (exact) mass is 416 g/mol. The van der Waals surface area contributed by atoms with E-state index in [0.717, 1.165) is 22.4 Å². The second-order valence-electron chi connectivity index (χ2n) is 8.06. The van der Waals surface area contributed by atoms with Crippen molar-refractivity contribution in [1.82, 2.24) is 0 Å². The number of ether oxygens (including phenoxy) is 3. The smallest absolute Gasteiger partial charge is 0.225 e. The molecule has 2 heterocycles. The molecular weight excluding hydrogens is 388 g/mol. The van der Waals surface area contributed by atoms with Crippen molar-refractivity contribution in [2.24, 2.45) is 0 Å². The van der Waals surface area contributed by atoms with Gasteiger partial charge in [0, 0.05) is 5.56 Å². The third-order valence-electron chi connectivity index (χ3n) is 6.11. The number of hydrogen-bond donors (Lipinski definition) is 4. The zero-order valence-electron chi connectivity index (χ0n) is 17.1. The molecule has 2 aliphatic rings. The van der Waals surface area contributed by atoms with Crippen LogP contribution in [-0.4, -0.2) is 64.2 Å². The van der Waals surface area contributed by atoms with E-state index in [4.69, 9.17) is 14.2 Å². The fraction of sp³-hybridized carbons (Fsp3) is 0.478. The molecule has 2 aromatic carbocycles. The Morgan fingerprint density at radius 2 is 1.80 bits per heavy atom. The van der Waals surface area contributed by atoms with Crippen molar-refractivity contribution >= 4 is 0 Å². The number of fused-ring (bicyclic) bond motifs is 2. The molecule has 7 nitrogen and oxygen atoms in total. The minimum atomic E-state index is -1.65. The van der Waals surface area contributed by atoms with Gasteiger partial charge in [-0.05, 0) is 55.2 Å². The topological polar surface area (TPSA) is 109 Å². The summed E-state index contributed by atoms with van der Waals surface area (Å²) in [6, 6.07) is 13.4. The molecule has 5 atom stereocenters. The number of benzene rings is 2. The van der Waals surface area contributed by atoms with Gasteiger partial charge >= 0.3 is 0 Å². The summed E-state index contributed by atoms with van der Waals surface area (Å²) in [6.45, 7) is 3.87. The van der Waals surface area contributed by atoms with Gasteiger partial charge in [0.25, 0.3) is 0 Å². The third kappa shape index (κ3) is 3.32. The molecule has 2 aromatic rings. The minimum absolute atomic E-state index is 0.138. The van der Waals surface area contributed by atoms with E-state index < -0.39 is 36.3 Å². The Morgan fingerprint density at radius 3 is 2.47 bits per heavy atom. The number of rotatable bonds is 6. The number of hydrogen-bond acceptors (Lipinski definition) is 7. The van der Waals surface area contributed by atoms with Crippen molar-refractivity contribution in [2.75, 3.05) is 19.8 Å². The lowest BCUT2D eigenvalue weighted by molar-refractivity contribution is -0.329. The highest BCUT2D eigenvalue weighted by Gasteiger charge is 2.67. The van der Waals surface area contributed by atoms with Crippen LogP contribution < -0.4 is 4.74 Å². The molecule has 2 aliphatic heterocycles. The van der Waals surface area contributed by atoms with Crippen LogP contribution in [0.2, 0.25) is 0 Å². The molecule has 2 bridgehead atoms. The second kappa shape index (κ2) is 7.92. The Morgan fingerprint density at radius 1 is 1.07 bits per heavy atom. The molecule has 0 spiro atoms. The van der Waals surface area contributed by atoms with Gasteiger partial charge in [-0.1, -0.05) is 24.3 Å². The standard InChI is InChI=1S/C23H28O7/c1-3-28-18-8-5-15(6-9-18)10-16-11-17(7-4-14(16)2)23-21(27)19(25)20(26)22(12-24,30-23)13-29-23/h4-9,11,19-21,24-27H,3,10,12-13H2,1-2H3/t19?,20?,21?,22-,23?/m0/s1. The van der Waals surface area contributed by atoms with Gasteiger partial charge in [0.15, 0.2) is 0 Å². The van der Waals surface area contributed by atoms with Crippen molar-refractivity contribution in [1.29, 1.82) is 0 Å². The highest BCUT2D eigenvalue weighted by Crippen LogP contribution is 2.49. The Bertz CT molecular complexity index is 899. The summed E-state index contributed by atoms with van der Waals surface area (Å²) >= 11 is 0. The van der Waals surface area contributed by atoms with Gasteiger partial charge in [-0.3, -0.25) is 0 Å². The molecule has 2 saturated heterocycles. The molecule has 0 aromatic heterocycles. The molecule has 4 rings (SSSR count). The molecule has 0 amide bonds. The first kappa shape index (κ1) is 21.2. The molecule has 4 N–H and O–H groups in total. The quantitative estimate of drug-likeness (QED) is 0.557. The summed E-state index contributed by atoms with van der Waals surface area (Å²) in [5.74, 6) is -0.834. The van der Waals surface area contributed by atoms with Crippen LogP contribution >= 0.6 is 0 Å². The molecule has 30 heavy (non-hydrogen) atoms. The molecule has 0 saturated carbocycles. The SMILES string of the molecule is CCOc1ccc(Cc2cc(C34OC[C@](CO)(O3)C(O)C(O)C4O)ccc2C)cc1. The normalized spacial score (nSPS) is 32.9. The second-order valence-corrected chi connectivity index (χ2v) is 8.06. The summed E-state index contributed by atoms with van der Waals surface area (Å²) in [5, 5.41) is 41.2. The van der Waals surface area contributed by atoms with Gasteiger partial charge in [-0.25, -0.2) is 0 Å². The lowest BCUT2D eigenvalue weighted by Gasteiger charge is -2.46. The van der Waals surface area contributed by atoms with Crippen LogP contribution in [0.1, 0.15) is 29.2 Å². The Hall–Kier alpha value is -2.00. The van der Waals surface area contributed by atoms with E-state index in [1.807, 2.05) is 50.2 Å². The Labute approximate surface area is 175 Å². The zero-order valence-corrected chi connectivity index (χ0v) is 17.1. The molecule has 162 valence electrons. The summed E-state index contributed by atoms with van der Waals surface area (Å²) in [7, 11) is 0. The van der Waals surface area contributed by atoms with E-state index >= 15 is 0 Å². The average Bonchev–Trinajstić information content (AvgIpc) is 3.14. The Kier molecular flexibility index (Phi) is 5.61. The fourth-order valence-electron chi connectivity index (χ4n) is 4.24. The highest BCUT2D eigenvalue weighted by molar-refractivity contribution is 5.39. The van der Waals surface area contributed by atoms with Crippen LogP contribution in [0.25, 0.3) is 0 Å². The first-order valence-corrected chi connectivity index (χ1v) is 10.2. The van der Waals surface area contributed by atoms with E-state index in [2.05, 4.69) is 0 Å². The summed E-state index contributed by atoms with van der Waals surface area (Å²) in [5.41, 5.74) is 2.21. The van der Waals surface area contributed by atoms with Crippen molar-refractivity contribution in [2.45, 2.75) is 50.0 Å². The third-order valence-corrected chi connectivity index (χ3v) is 6.11. The van der Waals surface area contributed by atoms with E-state index in [0.29, 0.717) is 18.6 Å². The van der Waals surface area contributed by atoms with E-state index in [-0.39, 0.29) is 6.61 Å². The first-order valence-electron chi connectivity index (χ1n) is 10.2. The number of aliphatic hydroxyl groups excluding tert-OH is 4. The molecule has 7 heteroatoms. The molecule has 0 aliphatic carbocycles. The van der Waals surface area contributed by atoms with Crippen LogP contribution in [0.5, 0.6) is 5.75 Å². The largest absolute Gasteiger partial charge is 0.494 e. The van der Waals surface area contributed by atoms with Crippen molar-refractivity contribution in [3.8, 4) is 5.75 Å². The fourth-order valence-corrected chi connectivity index (χ4v) is 4.24. The maximum absolute atomic E-state index is 10.7. The first-order chi connectivity index (χ1) is 14.3. The lowest BCUT2D eigenvalue weighted by atomic mass is 9.83. The van der Waals surface area contributed by atoms with Gasteiger partial charge in [-0.15, -0.1) is 0 Å². The van der Waals surface area contributed by atoms with Gasteiger partial charge in [-0.2, -0.15) is 0 Å². The molecular formula is C23H28O7. The van der Waals surface area contributed by atoms with Crippen LogP contribution in [0.15, 0.2) is 42.5 Å². The maximum atomic E-state index is 10.7. The minimum Gasteiger partial charge on any atom is -0.494 e. The summed E-state index contributed by atoms with van der Waals surface area (Å²) < 4.78 is 17.2. The predicted molar refractivity (Wildman–Crippen MR) is 108 cm³/mol. The predicted octanol–water partition coefficient (Wildman–Crippen LogP) is 1.01.